The van der Waals surface area contributed by atoms with Crippen LogP contribution in [0.4, 0.5) is 0 Å². The van der Waals surface area contributed by atoms with Gasteiger partial charge in [0.25, 0.3) is 0 Å². The van der Waals surface area contributed by atoms with E-state index in [4.69, 9.17) is 5.11 Å². The summed E-state index contributed by atoms with van der Waals surface area (Å²) in [4.78, 5) is 0. The van der Waals surface area contributed by atoms with Crippen LogP contribution in [0.1, 0.15) is 5.56 Å². The molecule has 4 N–H and O–H groups in total. The Kier molecular flexibility index (Phi) is 4.73. The molecule has 0 radical (unpaired) electrons. The van der Waals surface area contributed by atoms with Gasteiger partial charge in [-0.15, -0.1) is 0 Å². The van der Waals surface area contributed by atoms with E-state index in [1.165, 1.54) is 19.2 Å². The summed E-state index contributed by atoms with van der Waals surface area (Å²) in [5.74, 6) is -0.0551. The van der Waals surface area contributed by atoms with Gasteiger partial charge in [0.2, 0.25) is 10.0 Å². The molecular formula is C10H16N2O4S. The van der Waals surface area contributed by atoms with E-state index >= 15 is 0 Å². The lowest BCUT2D eigenvalue weighted by Crippen LogP contribution is -2.29. The molecule has 7 heteroatoms. The number of hydrogen-bond acceptors (Lipinski definition) is 5. The normalized spacial score (nSPS) is 11.6. The summed E-state index contributed by atoms with van der Waals surface area (Å²) in [5.41, 5.74) is 0.602. The number of aromatic hydroxyl groups is 2. The molecule has 0 spiro atoms. The molecule has 0 fully saturated rings. The molecule has 0 aliphatic heterocycles. The van der Waals surface area contributed by atoms with E-state index in [0.29, 0.717) is 12.1 Å². The molecule has 1 aromatic carbocycles. The number of sulfonamides is 1. The lowest BCUT2D eigenvalue weighted by Gasteiger charge is -2.07. The van der Waals surface area contributed by atoms with E-state index in [0.717, 1.165) is 0 Å². The van der Waals surface area contributed by atoms with Gasteiger partial charge in [0, 0.05) is 24.7 Å². The van der Waals surface area contributed by atoms with Gasteiger partial charge in [0.05, 0.1) is 5.75 Å². The number of phenolic OH excluding ortho intramolecular Hbond substituents is 2. The third-order valence-electron chi connectivity index (χ3n) is 2.24. The zero-order valence-corrected chi connectivity index (χ0v) is 10.3. The second kappa shape index (κ2) is 5.85. The molecule has 0 amide bonds. The Bertz CT molecular complexity index is 473. The highest BCUT2D eigenvalue weighted by Gasteiger charge is 2.06. The zero-order chi connectivity index (χ0) is 12.9. The van der Waals surface area contributed by atoms with E-state index in [9.17, 15) is 13.5 Å². The molecule has 0 aliphatic carbocycles. The topological polar surface area (TPSA) is 98.7 Å². The highest BCUT2D eigenvalue weighted by Crippen LogP contribution is 2.21. The third-order valence-corrected chi connectivity index (χ3v) is 3.61. The Hall–Kier alpha value is -1.31. The van der Waals surface area contributed by atoms with Crippen molar-refractivity contribution in [3.63, 3.8) is 0 Å². The van der Waals surface area contributed by atoms with Crippen LogP contribution in [0.5, 0.6) is 11.5 Å². The Labute approximate surface area is 100 Å². The van der Waals surface area contributed by atoms with Crippen molar-refractivity contribution in [3.05, 3.63) is 23.8 Å². The summed E-state index contributed by atoms with van der Waals surface area (Å²) < 4.78 is 24.4. The van der Waals surface area contributed by atoms with Gasteiger partial charge in [-0.2, -0.15) is 0 Å². The van der Waals surface area contributed by atoms with Crippen LogP contribution in [0.3, 0.4) is 0 Å². The van der Waals surface area contributed by atoms with Crippen LogP contribution in [0.2, 0.25) is 0 Å². The Balaban J connectivity index is 2.41. The maximum atomic E-state index is 11.1. The van der Waals surface area contributed by atoms with Gasteiger partial charge in [-0.3, -0.25) is 0 Å². The molecule has 0 aromatic heterocycles. The van der Waals surface area contributed by atoms with E-state index in [2.05, 4.69) is 10.0 Å². The predicted octanol–water partition coefficient (Wildman–Crippen LogP) is -0.263. The highest BCUT2D eigenvalue weighted by molar-refractivity contribution is 7.89. The molecule has 96 valence electrons. The quantitative estimate of drug-likeness (QED) is 0.528. The highest BCUT2D eigenvalue weighted by atomic mass is 32.2. The van der Waals surface area contributed by atoms with Crippen molar-refractivity contribution < 1.29 is 18.6 Å². The van der Waals surface area contributed by atoms with Crippen LogP contribution in [-0.4, -0.2) is 38.0 Å². The predicted molar refractivity (Wildman–Crippen MR) is 64.3 cm³/mol. The molecule has 1 rings (SSSR count). The summed E-state index contributed by atoms with van der Waals surface area (Å²) in [5, 5.41) is 21.4. The lowest BCUT2D eigenvalue weighted by molar-refractivity contribution is 0.444. The van der Waals surface area contributed by atoms with Crippen LogP contribution >= 0.6 is 0 Å². The average molecular weight is 260 g/mol. The molecular weight excluding hydrogens is 244 g/mol. The zero-order valence-electron chi connectivity index (χ0n) is 9.47. The molecule has 17 heavy (non-hydrogen) atoms. The van der Waals surface area contributed by atoms with Crippen molar-refractivity contribution >= 4 is 10.0 Å². The summed E-state index contributed by atoms with van der Waals surface area (Å²) in [7, 11) is -1.84. The molecule has 0 saturated heterocycles. The molecule has 1 aromatic rings. The SMILES string of the molecule is CNS(=O)(=O)CCNCc1ccc(O)cc1O. The molecule has 6 nitrogen and oxygen atoms in total. The first-order chi connectivity index (χ1) is 7.94. The molecule has 0 bridgehead atoms. The maximum absolute atomic E-state index is 11.1. The van der Waals surface area contributed by atoms with E-state index in [1.54, 1.807) is 6.07 Å². The Morgan fingerprint density at radius 1 is 1.29 bits per heavy atom. The van der Waals surface area contributed by atoms with Crippen LogP contribution in [-0.2, 0) is 16.6 Å². The number of hydrogen-bond donors (Lipinski definition) is 4. The number of rotatable bonds is 6. The number of nitrogens with one attached hydrogen (secondary N) is 2. The molecule has 0 aliphatic rings. The van der Waals surface area contributed by atoms with Gasteiger partial charge < -0.3 is 15.5 Å². The first-order valence-corrected chi connectivity index (χ1v) is 6.72. The standard InChI is InChI=1S/C10H16N2O4S/c1-11-17(15,16)5-4-12-7-8-2-3-9(13)6-10(8)14/h2-3,6,11-14H,4-5,7H2,1H3. The number of benzene rings is 1. The van der Waals surface area contributed by atoms with E-state index < -0.39 is 10.0 Å². The first-order valence-electron chi connectivity index (χ1n) is 5.07. The van der Waals surface area contributed by atoms with Gasteiger partial charge in [-0.25, -0.2) is 13.1 Å². The smallest absolute Gasteiger partial charge is 0.212 e. The van der Waals surface area contributed by atoms with Crippen LogP contribution < -0.4 is 10.0 Å². The summed E-state index contributed by atoms with van der Waals surface area (Å²) in [6.07, 6.45) is 0. The largest absolute Gasteiger partial charge is 0.508 e. The van der Waals surface area contributed by atoms with Crippen LogP contribution in [0.15, 0.2) is 18.2 Å². The van der Waals surface area contributed by atoms with Gasteiger partial charge in [-0.05, 0) is 13.1 Å². The molecule has 0 heterocycles. The third kappa shape index (κ3) is 4.59. The average Bonchev–Trinajstić information content (AvgIpc) is 2.27. The van der Waals surface area contributed by atoms with Crippen molar-refractivity contribution in [2.75, 3.05) is 19.3 Å². The fraction of sp³-hybridized carbons (Fsp3) is 0.400. The summed E-state index contributed by atoms with van der Waals surface area (Å²) in [6.45, 7) is 0.620. The minimum absolute atomic E-state index is 0.0102. The van der Waals surface area contributed by atoms with E-state index in [-0.39, 0.29) is 23.8 Å². The Morgan fingerprint density at radius 3 is 2.59 bits per heavy atom. The first kappa shape index (κ1) is 13.8. The summed E-state index contributed by atoms with van der Waals surface area (Å²) in [6, 6.07) is 4.27. The van der Waals surface area contributed by atoms with Crippen LogP contribution in [0, 0.1) is 0 Å². The minimum Gasteiger partial charge on any atom is -0.508 e. The van der Waals surface area contributed by atoms with Crippen molar-refractivity contribution in [1.29, 1.82) is 0 Å². The fourth-order valence-electron chi connectivity index (χ4n) is 1.23. The number of phenols is 2. The fourth-order valence-corrected chi connectivity index (χ4v) is 1.85. The van der Waals surface area contributed by atoms with Gasteiger partial charge in [-0.1, -0.05) is 6.07 Å². The summed E-state index contributed by atoms with van der Waals surface area (Å²) >= 11 is 0. The molecule has 0 saturated carbocycles. The van der Waals surface area contributed by atoms with Crippen molar-refractivity contribution in [3.8, 4) is 11.5 Å². The van der Waals surface area contributed by atoms with E-state index in [1.807, 2.05) is 0 Å². The maximum Gasteiger partial charge on any atom is 0.212 e. The minimum atomic E-state index is -3.21. The monoisotopic (exact) mass is 260 g/mol. The van der Waals surface area contributed by atoms with Crippen LogP contribution in [0.25, 0.3) is 0 Å². The Morgan fingerprint density at radius 2 is 2.00 bits per heavy atom. The lowest BCUT2D eigenvalue weighted by atomic mass is 10.2. The van der Waals surface area contributed by atoms with Crippen molar-refractivity contribution in [1.82, 2.24) is 10.0 Å². The molecule has 0 unspecified atom stereocenters. The van der Waals surface area contributed by atoms with Gasteiger partial charge in [0.15, 0.2) is 0 Å². The van der Waals surface area contributed by atoms with Crippen molar-refractivity contribution in [2.24, 2.45) is 0 Å². The van der Waals surface area contributed by atoms with Gasteiger partial charge >= 0.3 is 0 Å². The van der Waals surface area contributed by atoms with Crippen molar-refractivity contribution in [2.45, 2.75) is 6.54 Å². The second-order valence-corrected chi connectivity index (χ2v) is 5.56. The second-order valence-electron chi connectivity index (χ2n) is 3.51. The molecule has 0 atom stereocenters. The van der Waals surface area contributed by atoms with Gasteiger partial charge in [0.1, 0.15) is 11.5 Å².